The fraction of sp³-hybridized carbons (Fsp3) is 0.882. The number of unbranched alkanes of at least 4 members (excludes halogenated alkanes) is 2. The quantitative estimate of drug-likeness (QED) is 0.701. The van der Waals surface area contributed by atoms with E-state index in [2.05, 4.69) is 13.0 Å². The normalized spacial score (nSPS) is 34.1. The zero-order chi connectivity index (χ0) is 16.1. The molecule has 4 atom stereocenters. The lowest BCUT2D eigenvalue weighted by atomic mass is 9.52. The van der Waals surface area contributed by atoms with Gasteiger partial charge in [0.2, 0.25) is 0 Å². The number of hydrogen-bond donors (Lipinski definition) is 2. The molecule has 0 amide bonds. The number of nitrogens with zero attached hydrogens (tertiary/aromatic N) is 1. The lowest BCUT2D eigenvalue weighted by molar-refractivity contribution is -0.201. The summed E-state index contributed by atoms with van der Waals surface area (Å²) in [5.41, 5.74) is -2.59. The molecule has 0 radical (unpaired) electrons. The van der Waals surface area contributed by atoms with E-state index in [1.165, 1.54) is 0 Å². The molecule has 0 aromatic heterocycles. The lowest BCUT2D eigenvalue weighted by Gasteiger charge is -2.53. The van der Waals surface area contributed by atoms with E-state index in [0.29, 0.717) is 12.8 Å². The third-order valence-electron chi connectivity index (χ3n) is 5.54. The molecule has 120 valence electrons. The Morgan fingerprint density at radius 2 is 2.10 bits per heavy atom. The maximum Gasteiger partial charge on any atom is 0.313 e. The summed E-state index contributed by atoms with van der Waals surface area (Å²) in [6, 6.07) is 2.11. The molecule has 1 saturated carbocycles. The summed E-state index contributed by atoms with van der Waals surface area (Å²) in [7, 11) is 0. The van der Waals surface area contributed by atoms with Gasteiger partial charge in [0, 0.05) is 0 Å². The standard InChI is InChI=1S/C17H29NO3/c1-4-6-7-11-17(21)14(5-2)9-8-10-16(17,15(19)20)13(3)12-18/h13-14,21H,4-11H2,1-3H3,(H,19,20). The Kier molecular flexibility index (Phi) is 6.22. The zero-order valence-electron chi connectivity index (χ0n) is 13.6. The minimum Gasteiger partial charge on any atom is -0.481 e. The van der Waals surface area contributed by atoms with Gasteiger partial charge in [-0.25, -0.2) is 0 Å². The molecule has 1 aliphatic rings. The molecule has 0 aromatic rings. The second-order valence-corrected chi connectivity index (χ2v) is 6.51. The molecule has 4 unspecified atom stereocenters. The number of hydrogen-bond acceptors (Lipinski definition) is 3. The van der Waals surface area contributed by atoms with Crippen LogP contribution in [0.15, 0.2) is 0 Å². The van der Waals surface area contributed by atoms with Crippen LogP contribution in [0.3, 0.4) is 0 Å². The number of carbonyl (C=O) groups is 1. The van der Waals surface area contributed by atoms with E-state index >= 15 is 0 Å². The van der Waals surface area contributed by atoms with Crippen molar-refractivity contribution in [1.82, 2.24) is 0 Å². The second kappa shape index (κ2) is 7.26. The molecular formula is C17H29NO3. The van der Waals surface area contributed by atoms with E-state index < -0.39 is 22.9 Å². The molecule has 4 nitrogen and oxygen atoms in total. The van der Waals surface area contributed by atoms with Crippen molar-refractivity contribution in [2.75, 3.05) is 0 Å². The smallest absolute Gasteiger partial charge is 0.313 e. The van der Waals surface area contributed by atoms with Crippen LogP contribution in [0.2, 0.25) is 0 Å². The molecule has 21 heavy (non-hydrogen) atoms. The maximum atomic E-state index is 12.1. The predicted octanol–water partition coefficient (Wildman–Crippen LogP) is 3.74. The van der Waals surface area contributed by atoms with E-state index in [1.54, 1.807) is 6.92 Å². The molecule has 4 heteroatoms. The first-order valence-corrected chi connectivity index (χ1v) is 8.26. The summed E-state index contributed by atoms with van der Waals surface area (Å²) >= 11 is 0. The van der Waals surface area contributed by atoms with Gasteiger partial charge in [0.1, 0.15) is 5.41 Å². The Hall–Kier alpha value is -1.08. The molecule has 0 bridgehead atoms. The SMILES string of the molecule is CCCCCC1(O)C(CC)CCCC1(C(=O)O)C(C)C#N. The van der Waals surface area contributed by atoms with Crippen molar-refractivity contribution < 1.29 is 15.0 Å². The molecule has 0 aliphatic heterocycles. The Balaban J connectivity index is 3.27. The highest BCUT2D eigenvalue weighted by molar-refractivity contribution is 5.77. The Morgan fingerprint density at radius 3 is 2.57 bits per heavy atom. The molecule has 0 heterocycles. The number of rotatable bonds is 7. The summed E-state index contributed by atoms with van der Waals surface area (Å²) in [4.78, 5) is 12.1. The fourth-order valence-electron chi connectivity index (χ4n) is 4.24. The van der Waals surface area contributed by atoms with E-state index in [4.69, 9.17) is 0 Å². The first-order valence-electron chi connectivity index (χ1n) is 8.26. The van der Waals surface area contributed by atoms with Gasteiger partial charge in [-0.15, -0.1) is 0 Å². The van der Waals surface area contributed by atoms with Gasteiger partial charge in [0.25, 0.3) is 0 Å². The Morgan fingerprint density at radius 1 is 1.43 bits per heavy atom. The highest BCUT2D eigenvalue weighted by Crippen LogP contribution is 2.55. The van der Waals surface area contributed by atoms with Crippen LogP contribution >= 0.6 is 0 Å². The summed E-state index contributed by atoms with van der Waals surface area (Å²) in [5.74, 6) is -1.72. The molecule has 1 rings (SSSR count). The fourth-order valence-corrected chi connectivity index (χ4v) is 4.24. The minimum atomic E-state index is -1.32. The van der Waals surface area contributed by atoms with Crippen molar-refractivity contribution in [3.63, 3.8) is 0 Å². The maximum absolute atomic E-state index is 12.1. The van der Waals surface area contributed by atoms with Crippen LogP contribution in [-0.4, -0.2) is 21.8 Å². The van der Waals surface area contributed by atoms with Crippen LogP contribution in [0.25, 0.3) is 0 Å². The summed E-state index contributed by atoms with van der Waals surface area (Å²) in [6.07, 6.45) is 6.09. The van der Waals surface area contributed by atoms with Crippen molar-refractivity contribution >= 4 is 5.97 Å². The van der Waals surface area contributed by atoms with Gasteiger partial charge in [-0.1, -0.05) is 46.0 Å². The molecule has 1 aliphatic carbocycles. The van der Waals surface area contributed by atoms with Gasteiger partial charge in [-0.3, -0.25) is 4.79 Å². The zero-order valence-corrected chi connectivity index (χ0v) is 13.6. The summed E-state index contributed by atoms with van der Waals surface area (Å²) < 4.78 is 0. The molecule has 0 aromatic carbocycles. The van der Waals surface area contributed by atoms with Gasteiger partial charge >= 0.3 is 5.97 Å². The van der Waals surface area contributed by atoms with Crippen LogP contribution in [-0.2, 0) is 4.79 Å². The number of carboxylic acid groups (broad SMARTS) is 1. The van der Waals surface area contributed by atoms with Gasteiger partial charge in [-0.05, 0) is 32.1 Å². The number of nitriles is 1. The molecule has 0 spiro atoms. The third-order valence-corrected chi connectivity index (χ3v) is 5.54. The number of carboxylic acids is 1. The molecule has 2 N–H and O–H groups in total. The second-order valence-electron chi connectivity index (χ2n) is 6.51. The first kappa shape index (κ1) is 18.0. The van der Waals surface area contributed by atoms with Crippen LogP contribution in [0, 0.1) is 28.6 Å². The highest BCUT2D eigenvalue weighted by atomic mass is 16.4. The summed E-state index contributed by atoms with van der Waals surface area (Å²) in [6.45, 7) is 5.74. The van der Waals surface area contributed by atoms with Crippen molar-refractivity contribution in [2.45, 2.75) is 77.7 Å². The van der Waals surface area contributed by atoms with E-state index in [9.17, 15) is 20.3 Å². The van der Waals surface area contributed by atoms with Gasteiger partial charge in [-0.2, -0.15) is 5.26 Å². The van der Waals surface area contributed by atoms with Crippen LogP contribution in [0.1, 0.15) is 72.1 Å². The Labute approximate surface area is 128 Å². The van der Waals surface area contributed by atoms with Crippen molar-refractivity contribution in [3.05, 3.63) is 0 Å². The lowest BCUT2D eigenvalue weighted by Crippen LogP contribution is -2.62. The van der Waals surface area contributed by atoms with Crippen molar-refractivity contribution in [1.29, 1.82) is 5.26 Å². The van der Waals surface area contributed by atoms with Crippen LogP contribution < -0.4 is 0 Å². The third kappa shape index (κ3) is 2.94. The average Bonchev–Trinajstić information content (AvgIpc) is 2.46. The molecular weight excluding hydrogens is 266 g/mol. The monoisotopic (exact) mass is 295 g/mol. The van der Waals surface area contributed by atoms with E-state index in [-0.39, 0.29) is 5.92 Å². The van der Waals surface area contributed by atoms with Gasteiger partial charge < -0.3 is 10.2 Å². The first-order chi connectivity index (χ1) is 9.90. The Bertz CT molecular complexity index is 403. The topological polar surface area (TPSA) is 81.3 Å². The number of aliphatic carboxylic acids is 1. The van der Waals surface area contributed by atoms with Crippen molar-refractivity contribution in [3.8, 4) is 6.07 Å². The average molecular weight is 295 g/mol. The highest BCUT2D eigenvalue weighted by Gasteiger charge is 2.63. The number of aliphatic hydroxyl groups is 1. The predicted molar refractivity (Wildman–Crippen MR) is 81.6 cm³/mol. The summed E-state index contributed by atoms with van der Waals surface area (Å²) in [5, 5.41) is 30.6. The van der Waals surface area contributed by atoms with Crippen molar-refractivity contribution in [2.24, 2.45) is 17.3 Å². The van der Waals surface area contributed by atoms with Gasteiger partial charge in [0.15, 0.2) is 0 Å². The minimum absolute atomic E-state index is 0.0324. The van der Waals surface area contributed by atoms with E-state index in [0.717, 1.165) is 38.5 Å². The largest absolute Gasteiger partial charge is 0.481 e. The van der Waals surface area contributed by atoms with Crippen LogP contribution in [0.4, 0.5) is 0 Å². The molecule has 1 fully saturated rings. The van der Waals surface area contributed by atoms with Gasteiger partial charge in [0.05, 0.1) is 17.6 Å². The molecule has 0 saturated heterocycles. The van der Waals surface area contributed by atoms with Crippen LogP contribution in [0.5, 0.6) is 0 Å². The van der Waals surface area contributed by atoms with E-state index in [1.807, 2.05) is 6.92 Å².